The number of hydrogen-bond donors (Lipinski definition) is 1. The maximum absolute atomic E-state index is 12.3. The fraction of sp³-hybridized carbons (Fsp3) is 0.429. The molecule has 27 heavy (non-hydrogen) atoms. The van der Waals surface area contributed by atoms with Crippen LogP contribution < -0.4 is 10.2 Å². The van der Waals surface area contributed by atoms with Crippen LogP contribution in [0.1, 0.15) is 21.5 Å². The molecule has 2 aromatic rings. The highest BCUT2D eigenvalue weighted by molar-refractivity contribution is 5.94. The Balaban J connectivity index is 1.30. The summed E-state index contributed by atoms with van der Waals surface area (Å²) in [6, 6.07) is 12.4. The van der Waals surface area contributed by atoms with Gasteiger partial charge in [0.05, 0.1) is 18.8 Å². The van der Waals surface area contributed by atoms with Crippen LogP contribution in [0.3, 0.4) is 0 Å². The summed E-state index contributed by atoms with van der Waals surface area (Å²) in [5.41, 5.74) is 3.39. The summed E-state index contributed by atoms with van der Waals surface area (Å²) in [4.78, 5) is 21.4. The molecular weight excluding hydrogens is 340 g/mol. The molecule has 1 aromatic heterocycles. The Morgan fingerprint density at radius 1 is 1.07 bits per heavy atom. The first kappa shape index (κ1) is 17.9. The van der Waals surface area contributed by atoms with Gasteiger partial charge in [0.25, 0.3) is 5.91 Å². The van der Waals surface area contributed by atoms with Crippen LogP contribution in [-0.2, 0) is 17.7 Å². The van der Waals surface area contributed by atoms with Gasteiger partial charge in [0, 0.05) is 45.5 Å². The van der Waals surface area contributed by atoms with Gasteiger partial charge in [-0.2, -0.15) is 0 Å². The van der Waals surface area contributed by atoms with Crippen LogP contribution in [0, 0.1) is 0 Å². The van der Waals surface area contributed by atoms with Crippen LogP contribution in [0.4, 0.5) is 5.82 Å². The molecule has 1 fully saturated rings. The number of nitrogens with zero attached hydrogens (tertiary/aromatic N) is 3. The molecule has 0 atom stereocenters. The lowest BCUT2D eigenvalue weighted by molar-refractivity contribution is 0.0383. The molecule has 6 nitrogen and oxygen atoms in total. The van der Waals surface area contributed by atoms with E-state index in [1.165, 1.54) is 11.1 Å². The van der Waals surface area contributed by atoms with Crippen molar-refractivity contribution in [1.29, 1.82) is 0 Å². The second kappa shape index (κ2) is 8.50. The smallest absolute Gasteiger partial charge is 0.252 e. The van der Waals surface area contributed by atoms with Gasteiger partial charge in [0.2, 0.25) is 0 Å². The van der Waals surface area contributed by atoms with E-state index in [2.05, 4.69) is 44.4 Å². The molecule has 6 heteroatoms. The van der Waals surface area contributed by atoms with Crippen molar-refractivity contribution < 1.29 is 9.53 Å². The lowest BCUT2D eigenvalue weighted by Crippen LogP contribution is -2.41. The van der Waals surface area contributed by atoms with Crippen molar-refractivity contribution in [3.8, 4) is 0 Å². The summed E-state index contributed by atoms with van der Waals surface area (Å²) < 4.78 is 5.34. The van der Waals surface area contributed by atoms with Crippen LogP contribution in [0.5, 0.6) is 0 Å². The largest absolute Gasteiger partial charge is 0.379 e. The Bertz CT molecular complexity index is 772. The number of anilines is 1. The van der Waals surface area contributed by atoms with Gasteiger partial charge in [-0.15, -0.1) is 0 Å². The van der Waals surface area contributed by atoms with Crippen LogP contribution in [0.25, 0.3) is 0 Å². The van der Waals surface area contributed by atoms with Crippen molar-refractivity contribution in [2.45, 2.75) is 13.0 Å². The Morgan fingerprint density at radius 2 is 1.89 bits per heavy atom. The van der Waals surface area contributed by atoms with Crippen LogP contribution >= 0.6 is 0 Å². The van der Waals surface area contributed by atoms with Crippen molar-refractivity contribution in [1.82, 2.24) is 15.2 Å². The zero-order chi connectivity index (χ0) is 18.5. The van der Waals surface area contributed by atoms with E-state index in [9.17, 15) is 4.79 Å². The number of pyridine rings is 1. The molecule has 1 aromatic carbocycles. The standard InChI is InChI=1S/C21H26N4O2/c26-21(22-8-10-24-11-13-27-14-12-24)18-5-6-20(23-15-18)25-9-7-17-3-1-2-4-19(17)16-25/h1-6,15H,7-14,16H2,(H,22,26). The molecular formula is C21H26N4O2. The normalized spacial score (nSPS) is 17.4. The van der Waals surface area contributed by atoms with E-state index in [4.69, 9.17) is 4.74 Å². The zero-order valence-corrected chi connectivity index (χ0v) is 15.6. The maximum Gasteiger partial charge on any atom is 0.252 e. The predicted molar refractivity (Wildman–Crippen MR) is 105 cm³/mol. The number of carbonyl (C=O) groups is 1. The number of carbonyl (C=O) groups excluding carboxylic acids is 1. The van der Waals surface area contributed by atoms with Gasteiger partial charge >= 0.3 is 0 Å². The molecule has 0 aliphatic carbocycles. The SMILES string of the molecule is O=C(NCCN1CCOCC1)c1ccc(N2CCc3ccccc3C2)nc1. The molecule has 0 bridgehead atoms. The topological polar surface area (TPSA) is 57.7 Å². The second-order valence-electron chi connectivity index (χ2n) is 7.06. The molecule has 3 heterocycles. The fourth-order valence-corrected chi connectivity index (χ4v) is 3.65. The number of nitrogens with one attached hydrogen (secondary N) is 1. The van der Waals surface area contributed by atoms with E-state index in [-0.39, 0.29) is 5.91 Å². The van der Waals surface area contributed by atoms with Gasteiger partial charge in [0.1, 0.15) is 5.82 Å². The molecule has 142 valence electrons. The van der Waals surface area contributed by atoms with Crippen molar-refractivity contribution >= 4 is 11.7 Å². The van der Waals surface area contributed by atoms with Crippen LogP contribution in [-0.4, -0.2) is 61.7 Å². The van der Waals surface area contributed by atoms with Gasteiger partial charge in [-0.25, -0.2) is 4.98 Å². The number of amides is 1. The highest BCUT2D eigenvalue weighted by Gasteiger charge is 2.17. The molecule has 1 saturated heterocycles. The third kappa shape index (κ3) is 4.46. The lowest BCUT2D eigenvalue weighted by atomic mass is 10.00. The van der Waals surface area contributed by atoms with Crippen molar-refractivity contribution in [2.24, 2.45) is 0 Å². The number of rotatable bonds is 5. The molecule has 4 rings (SSSR count). The van der Waals surface area contributed by atoms with Gasteiger partial charge < -0.3 is 15.0 Å². The van der Waals surface area contributed by atoms with E-state index >= 15 is 0 Å². The number of hydrogen-bond acceptors (Lipinski definition) is 5. The average Bonchev–Trinajstić information content (AvgIpc) is 2.74. The van der Waals surface area contributed by atoms with E-state index in [0.717, 1.165) is 58.2 Å². The maximum atomic E-state index is 12.3. The molecule has 0 saturated carbocycles. The summed E-state index contributed by atoms with van der Waals surface area (Å²) in [6.07, 6.45) is 2.71. The Morgan fingerprint density at radius 3 is 2.67 bits per heavy atom. The Kier molecular flexibility index (Phi) is 5.65. The molecule has 1 amide bonds. The lowest BCUT2D eigenvalue weighted by Gasteiger charge is -2.29. The first-order valence-corrected chi connectivity index (χ1v) is 9.66. The number of morpholine rings is 1. The van der Waals surface area contributed by atoms with E-state index in [1.54, 1.807) is 6.20 Å². The van der Waals surface area contributed by atoms with Crippen LogP contribution in [0.2, 0.25) is 0 Å². The average molecular weight is 366 g/mol. The molecule has 0 radical (unpaired) electrons. The molecule has 2 aliphatic heterocycles. The summed E-state index contributed by atoms with van der Waals surface area (Å²) in [6.45, 7) is 6.75. The fourth-order valence-electron chi connectivity index (χ4n) is 3.65. The van der Waals surface area contributed by atoms with E-state index < -0.39 is 0 Å². The monoisotopic (exact) mass is 366 g/mol. The van der Waals surface area contributed by atoms with E-state index in [0.29, 0.717) is 12.1 Å². The Labute approximate surface area is 160 Å². The van der Waals surface area contributed by atoms with Crippen molar-refractivity contribution in [3.05, 3.63) is 59.3 Å². The molecule has 2 aliphatic rings. The highest BCUT2D eigenvalue weighted by atomic mass is 16.5. The molecule has 0 unspecified atom stereocenters. The molecule has 0 spiro atoms. The molecule has 1 N–H and O–H groups in total. The predicted octanol–water partition coefficient (Wildman–Crippen LogP) is 1.71. The minimum absolute atomic E-state index is 0.0636. The third-order valence-electron chi connectivity index (χ3n) is 5.28. The second-order valence-corrected chi connectivity index (χ2v) is 7.06. The van der Waals surface area contributed by atoms with Gasteiger partial charge in [0.15, 0.2) is 0 Å². The third-order valence-corrected chi connectivity index (χ3v) is 5.28. The first-order chi connectivity index (χ1) is 13.3. The summed E-state index contributed by atoms with van der Waals surface area (Å²) >= 11 is 0. The van der Waals surface area contributed by atoms with Crippen molar-refractivity contribution in [2.75, 3.05) is 50.8 Å². The van der Waals surface area contributed by atoms with Gasteiger partial charge in [-0.1, -0.05) is 24.3 Å². The number of benzene rings is 1. The van der Waals surface area contributed by atoms with Crippen molar-refractivity contribution in [3.63, 3.8) is 0 Å². The summed E-state index contributed by atoms with van der Waals surface area (Å²) in [5, 5.41) is 2.98. The number of ether oxygens (including phenoxy) is 1. The minimum Gasteiger partial charge on any atom is -0.379 e. The zero-order valence-electron chi connectivity index (χ0n) is 15.6. The Hall–Kier alpha value is -2.44. The highest BCUT2D eigenvalue weighted by Crippen LogP contribution is 2.22. The first-order valence-electron chi connectivity index (χ1n) is 9.66. The van der Waals surface area contributed by atoms with Gasteiger partial charge in [-0.05, 0) is 29.7 Å². The number of fused-ring (bicyclic) bond motifs is 1. The summed E-state index contributed by atoms with van der Waals surface area (Å²) in [7, 11) is 0. The number of aromatic nitrogens is 1. The summed E-state index contributed by atoms with van der Waals surface area (Å²) in [5.74, 6) is 0.862. The quantitative estimate of drug-likeness (QED) is 0.873. The van der Waals surface area contributed by atoms with E-state index in [1.807, 2.05) is 12.1 Å². The van der Waals surface area contributed by atoms with Gasteiger partial charge in [-0.3, -0.25) is 9.69 Å². The van der Waals surface area contributed by atoms with Crippen LogP contribution in [0.15, 0.2) is 42.6 Å². The minimum atomic E-state index is -0.0636.